The summed E-state index contributed by atoms with van der Waals surface area (Å²) in [6.07, 6.45) is 1.39. The number of halogens is 1. The van der Waals surface area contributed by atoms with Gasteiger partial charge in [-0.05, 0) is 77.8 Å². The maximum absolute atomic E-state index is 12.9. The fraction of sp³-hybridized carbons (Fsp3) is 0.150. The SMILES string of the molecule is CCOc1ccc(NS(=O)(=O)c2cc(NC(=O)c3ccco3)ccc2C)cc1Br. The van der Waals surface area contributed by atoms with Gasteiger partial charge in [0.25, 0.3) is 15.9 Å². The van der Waals surface area contributed by atoms with Crippen LogP contribution < -0.4 is 14.8 Å². The van der Waals surface area contributed by atoms with Crippen LogP contribution in [-0.2, 0) is 10.0 Å². The highest BCUT2D eigenvalue weighted by molar-refractivity contribution is 9.10. The lowest BCUT2D eigenvalue weighted by Crippen LogP contribution is -2.16. The summed E-state index contributed by atoms with van der Waals surface area (Å²) >= 11 is 3.37. The second-order valence-electron chi connectivity index (χ2n) is 6.10. The molecule has 0 fully saturated rings. The molecular weight excluding hydrogens is 460 g/mol. The predicted octanol–water partition coefficient (Wildman–Crippen LogP) is 4.80. The third-order valence-electron chi connectivity index (χ3n) is 3.96. The molecule has 0 atom stereocenters. The summed E-state index contributed by atoms with van der Waals surface area (Å²) in [5, 5.41) is 2.63. The lowest BCUT2D eigenvalue weighted by Gasteiger charge is -2.13. The molecule has 29 heavy (non-hydrogen) atoms. The molecule has 0 aliphatic heterocycles. The van der Waals surface area contributed by atoms with Crippen molar-refractivity contribution in [1.82, 2.24) is 0 Å². The van der Waals surface area contributed by atoms with Crippen molar-refractivity contribution < 1.29 is 22.4 Å². The Hall–Kier alpha value is -2.78. The smallest absolute Gasteiger partial charge is 0.291 e. The number of hydrogen-bond acceptors (Lipinski definition) is 5. The Morgan fingerprint density at radius 3 is 2.55 bits per heavy atom. The van der Waals surface area contributed by atoms with E-state index in [2.05, 4.69) is 26.0 Å². The molecule has 0 saturated heterocycles. The highest BCUT2D eigenvalue weighted by Gasteiger charge is 2.19. The van der Waals surface area contributed by atoms with Crippen LogP contribution in [0.1, 0.15) is 23.0 Å². The zero-order valence-electron chi connectivity index (χ0n) is 15.7. The quantitative estimate of drug-likeness (QED) is 0.507. The number of hydrogen-bond donors (Lipinski definition) is 2. The van der Waals surface area contributed by atoms with E-state index in [1.165, 1.54) is 18.4 Å². The molecule has 3 aromatic rings. The molecular formula is C20H19BrN2O5S. The van der Waals surface area contributed by atoms with E-state index in [1.54, 1.807) is 43.3 Å². The van der Waals surface area contributed by atoms with Crippen molar-refractivity contribution in [3.8, 4) is 5.75 Å². The lowest BCUT2D eigenvalue weighted by molar-refractivity contribution is 0.0996. The third kappa shape index (κ3) is 4.99. The number of furan rings is 1. The first-order valence-electron chi connectivity index (χ1n) is 8.71. The van der Waals surface area contributed by atoms with E-state index in [4.69, 9.17) is 9.15 Å². The van der Waals surface area contributed by atoms with E-state index in [0.717, 1.165) is 0 Å². The van der Waals surface area contributed by atoms with Crippen molar-refractivity contribution in [1.29, 1.82) is 0 Å². The summed E-state index contributed by atoms with van der Waals surface area (Å²) in [5.41, 5.74) is 1.26. The Balaban J connectivity index is 1.84. The zero-order chi connectivity index (χ0) is 21.0. The number of anilines is 2. The van der Waals surface area contributed by atoms with Gasteiger partial charge in [-0.25, -0.2) is 8.42 Å². The van der Waals surface area contributed by atoms with Gasteiger partial charge in [0.05, 0.1) is 27.9 Å². The second-order valence-corrected chi connectivity index (χ2v) is 8.60. The van der Waals surface area contributed by atoms with Gasteiger partial charge in [0.2, 0.25) is 0 Å². The molecule has 0 saturated carbocycles. The molecule has 0 bridgehead atoms. The van der Waals surface area contributed by atoms with Crippen LogP contribution in [0, 0.1) is 6.92 Å². The van der Waals surface area contributed by atoms with E-state index >= 15 is 0 Å². The van der Waals surface area contributed by atoms with Crippen LogP contribution in [0.5, 0.6) is 5.75 Å². The summed E-state index contributed by atoms with van der Waals surface area (Å²) in [6, 6.07) is 12.7. The maximum Gasteiger partial charge on any atom is 0.291 e. The number of nitrogens with one attached hydrogen (secondary N) is 2. The van der Waals surface area contributed by atoms with E-state index in [0.29, 0.717) is 33.8 Å². The van der Waals surface area contributed by atoms with Crippen molar-refractivity contribution in [2.24, 2.45) is 0 Å². The molecule has 3 rings (SSSR count). The number of carbonyl (C=O) groups excluding carboxylic acids is 1. The van der Waals surface area contributed by atoms with Gasteiger partial charge >= 0.3 is 0 Å². The van der Waals surface area contributed by atoms with E-state index in [-0.39, 0.29) is 10.7 Å². The Morgan fingerprint density at radius 2 is 1.90 bits per heavy atom. The van der Waals surface area contributed by atoms with Gasteiger partial charge in [-0.3, -0.25) is 9.52 Å². The Bertz CT molecular complexity index is 1130. The molecule has 1 heterocycles. The molecule has 0 aliphatic rings. The van der Waals surface area contributed by atoms with Crippen molar-refractivity contribution >= 4 is 43.2 Å². The Kier molecular flexibility index (Phi) is 6.29. The standard InChI is InChI=1S/C20H19BrN2O5S/c1-3-27-17-9-8-15(11-16(17)21)23-29(25,26)19-12-14(7-6-13(19)2)22-20(24)18-5-4-10-28-18/h4-12,23H,3H2,1-2H3,(H,22,24). The number of benzene rings is 2. The van der Waals surface area contributed by atoms with E-state index in [9.17, 15) is 13.2 Å². The van der Waals surface area contributed by atoms with Gasteiger partial charge in [0, 0.05) is 5.69 Å². The molecule has 0 radical (unpaired) electrons. The first kappa shape index (κ1) is 20.9. The minimum atomic E-state index is -3.88. The van der Waals surface area contributed by atoms with Crippen LogP contribution in [0.15, 0.2) is 68.6 Å². The van der Waals surface area contributed by atoms with Gasteiger partial charge in [0.15, 0.2) is 5.76 Å². The molecule has 0 spiro atoms. The highest BCUT2D eigenvalue weighted by Crippen LogP contribution is 2.30. The van der Waals surface area contributed by atoms with Gasteiger partial charge in [0.1, 0.15) is 5.75 Å². The highest BCUT2D eigenvalue weighted by atomic mass is 79.9. The van der Waals surface area contributed by atoms with E-state index < -0.39 is 15.9 Å². The number of carbonyl (C=O) groups is 1. The van der Waals surface area contributed by atoms with Gasteiger partial charge in [-0.15, -0.1) is 0 Å². The number of aryl methyl sites for hydroxylation is 1. The summed E-state index contributed by atoms with van der Waals surface area (Å²) in [6.45, 7) is 4.05. The summed E-state index contributed by atoms with van der Waals surface area (Å²) < 4.78 is 39.5. The van der Waals surface area contributed by atoms with Crippen LogP contribution in [0.3, 0.4) is 0 Å². The third-order valence-corrected chi connectivity index (χ3v) is 6.11. The molecule has 1 amide bonds. The predicted molar refractivity (Wildman–Crippen MR) is 114 cm³/mol. The van der Waals surface area contributed by atoms with Crippen LogP contribution in [0.2, 0.25) is 0 Å². The molecule has 7 nitrogen and oxygen atoms in total. The first-order chi connectivity index (χ1) is 13.8. The molecule has 9 heteroatoms. The Morgan fingerprint density at radius 1 is 1.14 bits per heavy atom. The van der Waals surface area contributed by atoms with Crippen molar-refractivity contribution in [3.63, 3.8) is 0 Å². The van der Waals surface area contributed by atoms with Crippen LogP contribution >= 0.6 is 15.9 Å². The summed E-state index contributed by atoms with van der Waals surface area (Å²) in [4.78, 5) is 12.2. The molecule has 2 aromatic carbocycles. The number of amides is 1. The number of rotatable bonds is 7. The van der Waals surface area contributed by atoms with Crippen molar-refractivity contribution in [3.05, 3.63) is 70.6 Å². The molecule has 0 unspecified atom stereocenters. The largest absolute Gasteiger partial charge is 0.493 e. The van der Waals surface area contributed by atoms with Gasteiger partial charge in [-0.2, -0.15) is 0 Å². The van der Waals surface area contributed by atoms with Gasteiger partial charge in [-0.1, -0.05) is 6.07 Å². The first-order valence-corrected chi connectivity index (χ1v) is 11.0. The minimum absolute atomic E-state index is 0.0553. The fourth-order valence-electron chi connectivity index (χ4n) is 2.61. The summed E-state index contributed by atoms with van der Waals surface area (Å²) in [5.74, 6) is 0.284. The monoisotopic (exact) mass is 478 g/mol. The minimum Gasteiger partial charge on any atom is -0.493 e. The molecule has 2 N–H and O–H groups in total. The number of sulfonamides is 1. The van der Waals surface area contributed by atoms with Crippen LogP contribution in [0.4, 0.5) is 11.4 Å². The average Bonchev–Trinajstić information content (AvgIpc) is 3.20. The topological polar surface area (TPSA) is 97.6 Å². The van der Waals surface area contributed by atoms with Crippen molar-refractivity contribution in [2.45, 2.75) is 18.7 Å². The van der Waals surface area contributed by atoms with Crippen LogP contribution in [-0.4, -0.2) is 20.9 Å². The average molecular weight is 479 g/mol. The Labute approximate surface area is 177 Å². The maximum atomic E-state index is 12.9. The van der Waals surface area contributed by atoms with Crippen molar-refractivity contribution in [2.75, 3.05) is 16.6 Å². The second kappa shape index (κ2) is 8.71. The fourth-order valence-corrected chi connectivity index (χ4v) is 4.43. The zero-order valence-corrected chi connectivity index (χ0v) is 18.1. The molecule has 152 valence electrons. The van der Waals surface area contributed by atoms with E-state index in [1.807, 2.05) is 6.92 Å². The lowest BCUT2D eigenvalue weighted by atomic mass is 10.2. The summed E-state index contributed by atoms with van der Waals surface area (Å²) in [7, 11) is -3.88. The normalized spacial score (nSPS) is 11.1. The van der Waals surface area contributed by atoms with Crippen LogP contribution in [0.25, 0.3) is 0 Å². The number of ether oxygens (including phenoxy) is 1. The van der Waals surface area contributed by atoms with Gasteiger partial charge < -0.3 is 14.5 Å². The molecule has 1 aromatic heterocycles. The molecule has 0 aliphatic carbocycles.